The summed E-state index contributed by atoms with van der Waals surface area (Å²) in [6, 6.07) is 3.08. The maximum absolute atomic E-state index is 10.2. The lowest BCUT2D eigenvalue weighted by Gasteiger charge is -1.87. The molecule has 11 heavy (non-hydrogen) atoms. The summed E-state index contributed by atoms with van der Waals surface area (Å²) in [7, 11) is 0. The van der Waals surface area contributed by atoms with Crippen molar-refractivity contribution in [2.24, 2.45) is 0 Å². The van der Waals surface area contributed by atoms with Crippen LogP contribution in [0.1, 0.15) is 10.4 Å². The summed E-state index contributed by atoms with van der Waals surface area (Å²) in [6.45, 7) is 0. The van der Waals surface area contributed by atoms with Crippen molar-refractivity contribution in [3.05, 3.63) is 30.1 Å². The Hall–Kier alpha value is -0.900. The molecule has 1 N–H and O–H groups in total. The van der Waals surface area contributed by atoms with E-state index in [9.17, 15) is 4.79 Å². The van der Waals surface area contributed by atoms with Crippen molar-refractivity contribution in [1.82, 2.24) is 4.98 Å². The molecule has 0 bridgehead atoms. The number of alkyl halides is 1. The Balaban J connectivity index is 0.000000461. The van der Waals surface area contributed by atoms with E-state index in [2.05, 4.69) is 20.9 Å². The van der Waals surface area contributed by atoms with E-state index < -0.39 is 5.97 Å². The molecule has 0 saturated heterocycles. The van der Waals surface area contributed by atoms with E-state index in [1.165, 1.54) is 18.5 Å². The SMILES string of the molecule is CBr.O=C(O)c1cccnc1. The number of aromatic nitrogens is 1. The standard InChI is InChI=1S/C6H5NO2.CH3Br/c8-6(9)5-2-1-3-7-4-5;1-2/h1-4H,(H,8,9);1H3. The van der Waals surface area contributed by atoms with Gasteiger partial charge in [-0.2, -0.15) is 0 Å². The van der Waals surface area contributed by atoms with Crippen molar-refractivity contribution in [3.63, 3.8) is 0 Å². The Labute approximate surface area is 73.2 Å². The van der Waals surface area contributed by atoms with Crippen LogP contribution < -0.4 is 0 Å². The smallest absolute Gasteiger partial charge is 0.337 e. The fraction of sp³-hybridized carbons (Fsp3) is 0.143. The molecule has 4 heteroatoms. The van der Waals surface area contributed by atoms with E-state index in [0.29, 0.717) is 0 Å². The van der Waals surface area contributed by atoms with Crippen LogP contribution in [-0.2, 0) is 0 Å². The fourth-order valence-corrected chi connectivity index (χ4v) is 0.489. The van der Waals surface area contributed by atoms with Gasteiger partial charge in [-0.15, -0.1) is 0 Å². The Morgan fingerprint density at radius 3 is 2.55 bits per heavy atom. The third kappa shape index (κ3) is 3.72. The summed E-state index contributed by atoms with van der Waals surface area (Å²) in [5, 5.41) is 8.34. The highest BCUT2D eigenvalue weighted by Gasteiger charge is 1.97. The number of aromatic carboxylic acids is 1. The molecule has 0 fully saturated rings. The largest absolute Gasteiger partial charge is 0.478 e. The van der Waals surface area contributed by atoms with Gasteiger partial charge in [0.15, 0.2) is 0 Å². The number of hydrogen-bond donors (Lipinski definition) is 1. The zero-order valence-corrected chi connectivity index (χ0v) is 7.58. The number of pyridine rings is 1. The molecule has 0 aliphatic carbocycles. The van der Waals surface area contributed by atoms with Gasteiger partial charge in [0.05, 0.1) is 5.56 Å². The number of hydrogen-bond acceptors (Lipinski definition) is 2. The molecule has 60 valence electrons. The Bertz CT molecular complexity index is 213. The van der Waals surface area contributed by atoms with E-state index in [4.69, 9.17) is 5.11 Å². The van der Waals surface area contributed by atoms with Crippen molar-refractivity contribution in [3.8, 4) is 0 Å². The fourth-order valence-electron chi connectivity index (χ4n) is 0.489. The van der Waals surface area contributed by atoms with E-state index >= 15 is 0 Å². The average Bonchev–Trinajstić information content (AvgIpc) is 2.10. The molecular formula is C7H8BrNO2. The second kappa shape index (κ2) is 5.85. The number of carboxylic acids is 1. The van der Waals surface area contributed by atoms with Crippen molar-refractivity contribution < 1.29 is 9.90 Å². The average molecular weight is 218 g/mol. The van der Waals surface area contributed by atoms with Crippen LogP contribution in [0, 0.1) is 0 Å². The summed E-state index contributed by atoms with van der Waals surface area (Å²) in [5.74, 6) is 0.871. The van der Waals surface area contributed by atoms with Crippen LogP contribution in [-0.4, -0.2) is 21.9 Å². The molecule has 0 aromatic carbocycles. The highest BCUT2D eigenvalue weighted by Crippen LogP contribution is 1.92. The third-order valence-electron chi connectivity index (χ3n) is 0.908. The first-order valence-electron chi connectivity index (χ1n) is 2.82. The van der Waals surface area contributed by atoms with E-state index in [-0.39, 0.29) is 5.56 Å². The second-order valence-electron chi connectivity index (χ2n) is 1.55. The van der Waals surface area contributed by atoms with E-state index in [0.717, 1.165) is 0 Å². The molecule has 0 unspecified atom stereocenters. The quantitative estimate of drug-likeness (QED) is 0.731. The first kappa shape index (κ1) is 10.1. The summed E-state index contributed by atoms with van der Waals surface area (Å²) in [4.78, 5) is 13.8. The van der Waals surface area contributed by atoms with Crippen LogP contribution in [0.4, 0.5) is 0 Å². The van der Waals surface area contributed by atoms with Gasteiger partial charge in [-0.3, -0.25) is 4.98 Å². The van der Waals surface area contributed by atoms with Crippen LogP contribution in [0.2, 0.25) is 0 Å². The number of nitrogens with zero attached hydrogens (tertiary/aromatic N) is 1. The van der Waals surface area contributed by atoms with Crippen LogP contribution in [0.5, 0.6) is 0 Å². The molecule has 1 aromatic heterocycles. The number of rotatable bonds is 1. The zero-order valence-electron chi connectivity index (χ0n) is 5.99. The molecular weight excluding hydrogens is 210 g/mol. The predicted molar refractivity (Wildman–Crippen MR) is 46.0 cm³/mol. The minimum atomic E-state index is -0.942. The molecule has 1 aromatic rings. The van der Waals surface area contributed by atoms with Gasteiger partial charge in [-0.25, -0.2) is 4.79 Å². The van der Waals surface area contributed by atoms with E-state index in [1.54, 1.807) is 6.07 Å². The summed E-state index contributed by atoms with van der Waals surface area (Å²) in [5.41, 5.74) is 0.220. The van der Waals surface area contributed by atoms with Gasteiger partial charge in [0.25, 0.3) is 0 Å². The lowest BCUT2D eigenvalue weighted by atomic mass is 10.3. The number of carboxylic acid groups (broad SMARTS) is 1. The molecule has 0 aliphatic heterocycles. The maximum atomic E-state index is 10.2. The predicted octanol–water partition coefficient (Wildman–Crippen LogP) is 1.79. The second-order valence-corrected chi connectivity index (χ2v) is 1.55. The third-order valence-corrected chi connectivity index (χ3v) is 0.908. The van der Waals surface area contributed by atoms with Crippen molar-refractivity contribution in [2.75, 3.05) is 5.83 Å². The number of halogens is 1. The van der Waals surface area contributed by atoms with Gasteiger partial charge < -0.3 is 5.11 Å². The van der Waals surface area contributed by atoms with Gasteiger partial charge >= 0.3 is 5.97 Å². The molecule has 0 aliphatic rings. The molecule has 0 amide bonds. The molecule has 1 rings (SSSR count). The maximum Gasteiger partial charge on any atom is 0.337 e. The van der Waals surface area contributed by atoms with Crippen LogP contribution in [0.15, 0.2) is 24.5 Å². The zero-order chi connectivity index (χ0) is 8.69. The van der Waals surface area contributed by atoms with Gasteiger partial charge in [-0.1, -0.05) is 15.9 Å². The molecule has 0 radical (unpaired) electrons. The Morgan fingerprint density at radius 2 is 2.27 bits per heavy atom. The highest BCUT2D eigenvalue weighted by molar-refractivity contribution is 9.08. The monoisotopic (exact) mass is 217 g/mol. The lowest BCUT2D eigenvalue weighted by Crippen LogP contribution is -1.94. The first-order valence-corrected chi connectivity index (χ1v) is 4.40. The van der Waals surface area contributed by atoms with Crippen molar-refractivity contribution in [1.29, 1.82) is 0 Å². The topological polar surface area (TPSA) is 50.2 Å². The number of carbonyl (C=O) groups is 1. The molecule has 0 spiro atoms. The van der Waals surface area contributed by atoms with Crippen molar-refractivity contribution >= 4 is 21.9 Å². The molecule has 1 heterocycles. The first-order chi connectivity index (χ1) is 5.30. The van der Waals surface area contributed by atoms with Crippen LogP contribution >= 0.6 is 15.9 Å². The normalized spacial score (nSPS) is 7.82. The summed E-state index contributed by atoms with van der Waals surface area (Å²) in [6.07, 6.45) is 2.84. The Morgan fingerprint density at radius 1 is 1.64 bits per heavy atom. The molecule has 3 nitrogen and oxygen atoms in total. The molecule has 0 atom stereocenters. The minimum absolute atomic E-state index is 0.220. The Kier molecular flexibility index (Phi) is 5.37. The van der Waals surface area contributed by atoms with E-state index in [1.807, 2.05) is 5.83 Å². The minimum Gasteiger partial charge on any atom is -0.478 e. The van der Waals surface area contributed by atoms with Crippen LogP contribution in [0.25, 0.3) is 0 Å². The van der Waals surface area contributed by atoms with Crippen LogP contribution in [0.3, 0.4) is 0 Å². The lowest BCUT2D eigenvalue weighted by molar-refractivity contribution is 0.0696. The van der Waals surface area contributed by atoms with Gasteiger partial charge in [0, 0.05) is 12.4 Å². The van der Waals surface area contributed by atoms with Gasteiger partial charge in [0.2, 0.25) is 0 Å². The van der Waals surface area contributed by atoms with Gasteiger partial charge in [0.1, 0.15) is 0 Å². The van der Waals surface area contributed by atoms with Crippen molar-refractivity contribution in [2.45, 2.75) is 0 Å². The molecule has 0 saturated carbocycles. The van der Waals surface area contributed by atoms with Gasteiger partial charge in [-0.05, 0) is 18.0 Å². The highest BCUT2D eigenvalue weighted by atomic mass is 79.9. The summed E-state index contributed by atoms with van der Waals surface area (Å²) >= 11 is 2.94. The summed E-state index contributed by atoms with van der Waals surface area (Å²) < 4.78 is 0.